The van der Waals surface area contributed by atoms with Crippen molar-refractivity contribution in [2.24, 2.45) is 0 Å². The summed E-state index contributed by atoms with van der Waals surface area (Å²) in [5.74, 6) is 1.05. The van der Waals surface area contributed by atoms with E-state index < -0.39 is 0 Å². The molecule has 0 aliphatic carbocycles. The van der Waals surface area contributed by atoms with Gasteiger partial charge in [-0.15, -0.1) is 0 Å². The van der Waals surface area contributed by atoms with Crippen LogP contribution in [0, 0.1) is 0 Å². The van der Waals surface area contributed by atoms with Gasteiger partial charge in [-0.05, 0) is 14.0 Å². The van der Waals surface area contributed by atoms with Gasteiger partial charge < -0.3 is 14.6 Å². The van der Waals surface area contributed by atoms with Crippen LogP contribution in [0.15, 0.2) is 12.4 Å². The summed E-state index contributed by atoms with van der Waals surface area (Å²) < 4.78 is 7.15. The molecule has 1 aromatic heterocycles. The number of methoxy groups -OCH3 is 1. The maximum Gasteiger partial charge on any atom is 0.221 e. The summed E-state index contributed by atoms with van der Waals surface area (Å²) in [6.45, 7) is 4.22. The molecule has 0 saturated carbocycles. The van der Waals surface area contributed by atoms with Gasteiger partial charge in [0.2, 0.25) is 5.91 Å². The molecule has 1 rings (SSSR count). The molecule has 0 aliphatic rings. The fourth-order valence-corrected chi connectivity index (χ4v) is 1.79. The average Bonchev–Trinajstić information content (AvgIpc) is 2.83. The number of aromatic nitrogens is 2. The third-order valence-corrected chi connectivity index (χ3v) is 3.24. The number of nitrogens with zero attached hydrogens (tertiary/aromatic N) is 3. The van der Waals surface area contributed by atoms with Crippen LogP contribution in [0.4, 0.5) is 0 Å². The van der Waals surface area contributed by atoms with Crippen molar-refractivity contribution in [3.8, 4) is 0 Å². The molecule has 1 N–H and O–H groups in total. The van der Waals surface area contributed by atoms with Gasteiger partial charge in [-0.1, -0.05) is 0 Å². The highest BCUT2D eigenvalue weighted by atomic mass is 16.5. The first-order valence-corrected chi connectivity index (χ1v) is 6.48. The van der Waals surface area contributed by atoms with Gasteiger partial charge in [-0.25, -0.2) is 4.98 Å². The van der Waals surface area contributed by atoms with E-state index in [1.165, 1.54) is 0 Å². The van der Waals surface area contributed by atoms with Gasteiger partial charge in [-0.3, -0.25) is 9.69 Å². The van der Waals surface area contributed by atoms with E-state index >= 15 is 0 Å². The topological polar surface area (TPSA) is 59.4 Å². The maximum atomic E-state index is 11.4. The number of nitrogens with one attached hydrogen (secondary N) is 1. The van der Waals surface area contributed by atoms with Crippen LogP contribution in [-0.2, 0) is 22.6 Å². The lowest BCUT2D eigenvalue weighted by Gasteiger charge is -2.24. The molecule has 6 heteroatoms. The number of ether oxygens (including phenoxy) is 1. The molecule has 0 saturated heterocycles. The van der Waals surface area contributed by atoms with E-state index in [-0.39, 0.29) is 11.9 Å². The van der Waals surface area contributed by atoms with E-state index in [4.69, 9.17) is 4.74 Å². The number of hydrogen-bond acceptors (Lipinski definition) is 4. The van der Waals surface area contributed by atoms with Crippen molar-refractivity contribution in [2.45, 2.75) is 32.5 Å². The molecule has 1 heterocycles. The standard InChI is InChI=1S/C13H24N4O2/c1-11(9-13(18)14-2)16(3)10-12-15-5-6-17(12)7-8-19-4/h5-6,11H,7-10H2,1-4H3,(H,14,18)/t11-/m0/s1. The summed E-state index contributed by atoms with van der Waals surface area (Å²) >= 11 is 0. The van der Waals surface area contributed by atoms with Crippen molar-refractivity contribution in [2.75, 3.05) is 27.8 Å². The van der Waals surface area contributed by atoms with Crippen LogP contribution in [0.1, 0.15) is 19.2 Å². The molecule has 1 atom stereocenters. The Morgan fingerprint density at radius 3 is 3.00 bits per heavy atom. The van der Waals surface area contributed by atoms with Crippen molar-refractivity contribution in [3.63, 3.8) is 0 Å². The molecule has 0 bridgehead atoms. The minimum absolute atomic E-state index is 0.0575. The summed E-state index contributed by atoms with van der Waals surface area (Å²) in [5, 5.41) is 2.65. The first kappa shape index (κ1) is 15.7. The van der Waals surface area contributed by atoms with Gasteiger partial charge in [0, 0.05) is 45.6 Å². The van der Waals surface area contributed by atoms with Crippen LogP contribution in [0.2, 0.25) is 0 Å². The zero-order valence-corrected chi connectivity index (χ0v) is 12.2. The highest BCUT2D eigenvalue weighted by Gasteiger charge is 2.15. The Morgan fingerprint density at radius 2 is 2.37 bits per heavy atom. The zero-order valence-electron chi connectivity index (χ0n) is 12.2. The van der Waals surface area contributed by atoms with Crippen molar-refractivity contribution in [1.29, 1.82) is 0 Å². The van der Waals surface area contributed by atoms with Crippen molar-refractivity contribution in [1.82, 2.24) is 19.8 Å². The minimum atomic E-state index is 0.0575. The number of carbonyl (C=O) groups is 1. The summed E-state index contributed by atoms with van der Waals surface area (Å²) in [6, 6.07) is 0.174. The van der Waals surface area contributed by atoms with Crippen molar-refractivity contribution < 1.29 is 9.53 Å². The predicted octanol–water partition coefficient (Wildman–Crippen LogP) is 0.486. The third kappa shape index (κ3) is 5.00. The van der Waals surface area contributed by atoms with Crippen molar-refractivity contribution in [3.05, 3.63) is 18.2 Å². The number of imidazole rings is 1. The third-order valence-electron chi connectivity index (χ3n) is 3.24. The zero-order chi connectivity index (χ0) is 14.3. The number of carbonyl (C=O) groups excluding carboxylic acids is 1. The van der Waals surface area contributed by atoms with Crippen LogP contribution in [-0.4, -0.2) is 54.2 Å². The van der Waals surface area contributed by atoms with E-state index in [0.29, 0.717) is 13.0 Å². The molecule has 0 fully saturated rings. The van der Waals surface area contributed by atoms with Crippen LogP contribution in [0.25, 0.3) is 0 Å². The van der Waals surface area contributed by atoms with Crippen LogP contribution in [0.3, 0.4) is 0 Å². The molecular weight excluding hydrogens is 244 g/mol. The van der Waals surface area contributed by atoms with E-state index in [1.54, 1.807) is 20.4 Å². The van der Waals surface area contributed by atoms with E-state index in [9.17, 15) is 4.79 Å². The summed E-state index contributed by atoms with van der Waals surface area (Å²) in [7, 11) is 5.35. The van der Waals surface area contributed by atoms with E-state index in [1.807, 2.05) is 20.2 Å². The lowest BCUT2D eigenvalue weighted by molar-refractivity contribution is -0.121. The summed E-state index contributed by atoms with van der Waals surface area (Å²) in [5.41, 5.74) is 0. The van der Waals surface area contributed by atoms with Crippen LogP contribution < -0.4 is 5.32 Å². The molecular formula is C13H24N4O2. The Morgan fingerprint density at radius 1 is 1.63 bits per heavy atom. The smallest absolute Gasteiger partial charge is 0.221 e. The fourth-order valence-electron chi connectivity index (χ4n) is 1.79. The molecule has 108 valence electrons. The lowest BCUT2D eigenvalue weighted by atomic mass is 10.2. The largest absolute Gasteiger partial charge is 0.383 e. The monoisotopic (exact) mass is 268 g/mol. The Bertz CT molecular complexity index is 392. The highest BCUT2D eigenvalue weighted by molar-refractivity contribution is 5.76. The SMILES string of the molecule is CNC(=O)C[C@H](C)N(C)Cc1nccn1CCOC. The van der Waals surface area contributed by atoms with Crippen molar-refractivity contribution >= 4 is 5.91 Å². The minimum Gasteiger partial charge on any atom is -0.383 e. The first-order valence-electron chi connectivity index (χ1n) is 6.48. The molecule has 1 aromatic rings. The highest BCUT2D eigenvalue weighted by Crippen LogP contribution is 2.07. The Balaban J connectivity index is 2.53. The predicted molar refractivity (Wildman–Crippen MR) is 73.7 cm³/mol. The number of amides is 1. The van der Waals surface area contributed by atoms with Crippen LogP contribution >= 0.6 is 0 Å². The Kier molecular flexibility index (Phi) is 6.52. The maximum absolute atomic E-state index is 11.4. The second-order valence-electron chi connectivity index (χ2n) is 4.67. The van der Waals surface area contributed by atoms with E-state index in [0.717, 1.165) is 18.9 Å². The molecule has 0 aliphatic heterocycles. The molecule has 19 heavy (non-hydrogen) atoms. The number of rotatable bonds is 8. The first-order chi connectivity index (χ1) is 9.08. The quantitative estimate of drug-likeness (QED) is 0.745. The number of hydrogen-bond donors (Lipinski definition) is 1. The van der Waals surface area contributed by atoms with E-state index in [2.05, 4.69) is 19.8 Å². The van der Waals surface area contributed by atoms with Gasteiger partial charge in [-0.2, -0.15) is 0 Å². The van der Waals surface area contributed by atoms with Gasteiger partial charge >= 0.3 is 0 Å². The second-order valence-corrected chi connectivity index (χ2v) is 4.67. The normalized spacial score (nSPS) is 12.7. The molecule has 0 unspecified atom stereocenters. The summed E-state index contributed by atoms with van der Waals surface area (Å²) in [4.78, 5) is 17.8. The average molecular weight is 268 g/mol. The Labute approximate surface area is 114 Å². The molecule has 6 nitrogen and oxygen atoms in total. The van der Waals surface area contributed by atoms with Gasteiger partial charge in [0.25, 0.3) is 0 Å². The summed E-state index contributed by atoms with van der Waals surface area (Å²) in [6.07, 6.45) is 4.24. The Hall–Kier alpha value is -1.40. The van der Waals surface area contributed by atoms with Gasteiger partial charge in [0.1, 0.15) is 5.82 Å². The van der Waals surface area contributed by atoms with Crippen LogP contribution in [0.5, 0.6) is 0 Å². The fraction of sp³-hybridized carbons (Fsp3) is 0.692. The molecule has 1 amide bonds. The molecule has 0 aromatic carbocycles. The molecule has 0 radical (unpaired) electrons. The molecule has 0 spiro atoms. The second kappa shape index (κ2) is 7.91. The lowest BCUT2D eigenvalue weighted by Crippen LogP contribution is -2.34. The van der Waals surface area contributed by atoms with Gasteiger partial charge in [0.15, 0.2) is 0 Å². The van der Waals surface area contributed by atoms with Gasteiger partial charge in [0.05, 0.1) is 13.2 Å².